The van der Waals surface area contributed by atoms with E-state index in [1.165, 1.54) is 35.7 Å². The van der Waals surface area contributed by atoms with Crippen LogP contribution in [-0.4, -0.2) is 31.9 Å². The van der Waals surface area contributed by atoms with Gasteiger partial charge in [0, 0.05) is 5.75 Å². The lowest BCUT2D eigenvalue weighted by Crippen LogP contribution is -2.04. The average Bonchev–Trinajstić information content (AvgIpc) is 2.35. The van der Waals surface area contributed by atoms with Crippen molar-refractivity contribution in [2.75, 3.05) is 6.26 Å². The third-order valence-electron chi connectivity index (χ3n) is 2.01. The second kappa shape index (κ2) is 6.77. The second-order valence-corrected chi connectivity index (χ2v) is 6.26. The van der Waals surface area contributed by atoms with Gasteiger partial charge in [0.25, 0.3) is 0 Å². The fourth-order valence-corrected chi connectivity index (χ4v) is 2.50. The van der Waals surface area contributed by atoms with Crippen molar-refractivity contribution in [2.45, 2.75) is 5.75 Å². The minimum Gasteiger partial charge on any atom is -0.478 e. The Kier molecular flexibility index (Phi) is 5.64. The molecule has 0 bridgehead atoms. The van der Waals surface area contributed by atoms with Crippen LogP contribution in [0, 0.1) is 0 Å². The molecule has 0 atom stereocenters. The molecule has 7 heteroatoms. The van der Waals surface area contributed by atoms with Crippen molar-refractivity contribution in [3.05, 3.63) is 34.9 Å². The van der Waals surface area contributed by atoms with Gasteiger partial charge in [-0.1, -0.05) is 12.2 Å². The SMILES string of the molecule is CSC(=S)SCc1cc(C(=O)O)cc(C(=O)O)c1. The number of carboxylic acids is 2. The van der Waals surface area contributed by atoms with Gasteiger partial charge in [-0.05, 0) is 30.0 Å². The molecular formula is C11H10O4S3. The van der Waals surface area contributed by atoms with Gasteiger partial charge in [-0.15, -0.1) is 23.5 Å². The molecule has 18 heavy (non-hydrogen) atoms. The standard InChI is InChI=1S/C11H10O4S3/c1-17-11(16)18-5-6-2-7(9(12)13)4-8(3-6)10(14)15/h2-4H,5H2,1H3,(H,12,13)(H,14,15). The normalized spacial score (nSPS) is 10.1. The summed E-state index contributed by atoms with van der Waals surface area (Å²) < 4.78 is 0.729. The third-order valence-corrected chi connectivity index (χ3v) is 4.76. The quantitative estimate of drug-likeness (QED) is 0.828. The Morgan fingerprint density at radius 2 is 1.67 bits per heavy atom. The molecule has 1 aromatic rings. The molecule has 0 amide bonds. The molecule has 0 heterocycles. The first-order valence-electron chi connectivity index (χ1n) is 4.75. The number of rotatable bonds is 4. The highest BCUT2D eigenvalue weighted by Crippen LogP contribution is 2.21. The first kappa shape index (κ1) is 15.0. The first-order chi connectivity index (χ1) is 8.43. The Bertz CT molecular complexity index is 467. The molecule has 0 radical (unpaired) electrons. The van der Waals surface area contributed by atoms with Crippen LogP contribution in [0.15, 0.2) is 18.2 Å². The summed E-state index contributed by atoms with van der Waals surface area (Å²) in [7, 11) is 0. The monoisotopic (exact) mass is 302 g/mol. The van der Waals surface area contributed by atoms with Gasteiger partial charge in [-0.2, -0.15) is 0 Å². The van der Waals surface area contributed by atoms with Crippen LogP contribution in [0.5, 0.6) is 0 Å². The van der Waals surface area contributed by atoms with Crippen molar-refractivity contribution in [3.63, 3.8) is 0 Å². The Morgan fingerprint density at radius 3 is 2.06 bits per heavy atom. The molecule has 0 aromatic heterocycles. The fourth-order valence-electron chi connectivity index (χ4n) is 1.22. The topological polar surface area (TPSA) is 74.6 Å². The molecule has 1 aromatic carbocycles. The van der Waals surface area contributed by atoms with Crippen LogP contribution in [0.4, 0.5) is 0 Å². The molecule has 96 valence electrons. The molecule has 0 fully saturated rings. The summed E-state index contributed by atoms with van der Waals surface area (Å²) in [6, 6.07) is 4.07. The highest BCUT2D eigenvalue weighted by atomic mass is 32.2. The highest BCUT2D eigenvalue weighted by Gasteiger charge is 2.11. The largest absolute Gasteiger partial charge is 0.478 e. The predicted octanol–water partition coefficient (Wildman–Crippen LogP) is 2.96. The summed E-state index contributed by atoms with van der Waals surface area (Å²) >= 11 is 7.82. The van der Waals surface area contributed by atoms with Crippen molar-refractivity contribution >= 4 is 51.2 Å². The van der Waals surface area contributed by atoms with Gasteiger partial charge in [0.15, 0.2) is 0 Å². The van der Waals surface area contributed by atoms with Gasteiger partial charge < -0.3 is 10.2 Å². The van der Waals surface area contributed by atoms with Crippen LogP contribution in [0.3, 0.4) is 0 Å². The Labute approximate surface area is 118 Å². The van der Waals surface area contributed by atoms with Crippen molar-refractivity contribution in [1.29, 1.82) is 0 Å². The number of carbonyl (C=O) groups is 2. The van der Waals surface area contributed by atoms with E-state index in [4.69, 9.17) is 22.4 Å². The van der Waals surface area contributed by atoms with Gasteiger partial charge in [0.1, 0.15) is 3.53 Å². The molecule has 0 aliphatic carbocycles. The average molecular weight is 302 g/mol. The molecule has 0 spiro atoms. The Hall–Kier alpha value is -1.05. The van der Waals surface area contributed by atoms with E-state index >= 15 is 0 Å². The lowest BCUT2D eigenvalue weighted by molar-refractivity contribution is 0.0696. The minimum atomic E-state index is -1.14. The van der Waals surface area contributed by atoms with Gasteiger partial charge in [-0.25, -0.2) is 9.59 Å². The van der Waals surface area contributed by atoms with Crippen LogP contribution >= 0.6 is 35.7 Å². The summed E-state index contributed by atoms with van der Waals surface area (Å²) in [4.78, 5) is 21.8. The van der Waals surface area contributed by atoms with E-state index in [0.29, 0.717) is 11.3 Å². The predicted molar refractivity (Wildman–Crippen MR) is 77.8 cm³/mol. The van der Waals surface area contributed by atoms with E-state index in [0.717, 1.165) is 9.59 Å². The van der Waals surface area contributed by atoms with E-state index in [-0.39, 0.29) is 11.1 Å². The van der Waals surface area contributed by atoms with E-state index in [2.05, 4.69) is 0 Å². The molecule has 0 saturated carbocycles. The summed E-state index contributed by atoms with van der Waals surface area (Å²) in [6.45, 7) is 0. The van der Waals surface area contributed by atoms with Gasteiger partial charge >= 0.3 is 11.9 Å². The molecule has 0 aliphatic rings. The number of carboxylic acid groups (broad SMARTS) is 2. The molecular weight excluding hydrogens is 292 g/mol. The highest BCUT2D eigenvalue weighted by molar-refractivity contribution is 8.46. The zero-order chi connectivity index (χ0) is 13.7. The Balaban J connectivity index is 3.00. The van der Waals surface area contributed by atoms with Crippen LogP contribution in [0.25, 0.3) is 0 Å². The van der Waals surface area contributed by atoms with Crippen molar-refractivity contribution in [2.24, 2.45) is 0 Å². The fraction of sp³-hybridized carbons (Fsp3) is 0.182. The van der Waals surface area contributed by atoms with E-state index in [1.807, 2.05) is 6.26 Å². The zero-order valence-corrected chi connectivity index (χ0v) is 11.8. The maximum atomic E-state index is 10.9. The first-order valence-corrected chi connectivity index (χ1v) is 7.37. The van der Waals surface area contributed by atoms with Crippen LogP contribution in [0.2, 0.25) is 0 Å². The molecule has 4 nitrogen and oxygen atoms in total. The number of thiocarbonyl (C=S) groups is 1. The second-order valence-electron chi connectivity index (χ2n) is 3.27. The molecule has 0 saturated heterocycles. The van der Waals surface area contributed by atoms with Gasteiger partial charge in [-0.3, -0.25) is 0 Å². The minimum absolute atomic E-state index is 0.0273. The molecule has 0 aliphatic heterocycles. The summed E-state index contributed by atoms with van der Waals surface area (Å²) in [6.07, 6.45) is 1.85. The van der Waals surface area contributed by atoms with Crippen LogP contribution in [-0.2, 0) is 5.75 Å². The van der Waals surface area contributed by atoms with Crippen LogP contribution < -0.4 is 0 Å². The zero-order valence-electron chi connectivity index (χ0n) is 9.37. The maximum Gasteiger partial charge on any atom is 0.335 e. The smallest absolute Gasteiger partial charge is 0.335 e. The molecule has 2 N–H and O–H groups in total. The van der Waals surface area contributed by atoms with Crippen molar-refractivity contribution < 1.29 is 19.8 Å². The maximum absolute atomic E-state index is 10.9. The lowest BCUT2D eigenvalue weighted by atomic mass is 10.1. The number of hydrogen-bond acceptors (Lipinski definition) is 5. The number of hydrogen-bond donors (Lipinski definition) is 2. The summed E-state index contributed by atoms with van der Waals surface area (Å²) in [5, 5.41) is 17.8. The summed E-state index contributed by atoms with van der Waals surface area (Å²) in [5.74, 6) is -1.82. The summed E-state index contributed by atoms with van der Waals surface area (Å²) in [5.41, 5.74) is 0.579. The van der Waals surface area contributed by atoms with Crippen molar-refractivity contribution in [3.8, 4) is 0 Å². The van der Waals surface area contributed by atoms with Crippen molar-refractivity contribution in [1.82, 2.24) is 0 Å². The molecule has 1 rings (SSSR count). The van der Waals surface area contributed by atoms with Crippen LogP contribution in [0.1, 0.15) is 26.3 Å². The van der Waals surface area contributed by atoms with Gasteiger partial charge in [0.2, 0.25) is 0 Å². The third kappa shape index (κ3) is 4.32. The van der Waals surface area contributed by atoms with E-state index in [1.54, 1.807) is 0 Å². The number of thioether (sulfide) groups is 2. The Morgan fingerprint density at radius 1 is 1.17 bits per heavy atom. The lowest BCUT2D eigenvalue weighted by Gasteiger charge is -2.05. The van der Waals surface area contributed by atoms with E-state index in [9.17, 15) is 9.59 Å². The van der Waals surface area contributed by atoms with Gasteiger partial charge in [0.05, 0.1) is 11.1 Å². The van der Waals surface area contributed by atoms with E-state index < -0.39 is 11.9 Å². The molecule has 0 unspecified atom stereocenters. The number of aromatic carboxylic acids is 2. The number of benzene rings is 1.